The van der Waals surface area contributed by atoms with Crippen molar-refractivity contribution < 1.29 is 14.4 Å². The number of carbonyl (C=O) groups excluding carboxylic acids is 2. The maximum absolute atomic E-state index is 10.7. The van der Waals surface area contributed by atoms with Gasteiger partial charge in [-0.05, 0) is 0 Å². The van der Waals surface area contributed by atoms with Crippen LogP contribution in [0.3, 0.4) is 0 Å². The van der Waals surface area contributed by atoms with Gasteiger partial charge in [-0.15, -0.1) is 0 Å². The quantitative estimate of drug-likeness (QED) is 0.528. The van der Waals surface area contributed by atoms with E-state index in [1.54, 1.807) is 0 Å². The van der Waals surface area contributed by atoms with Crippen LogP contribution in [0.4, 0.5) is 4.79 Å². The molecule has 0 aromatic carbocycles. The lowest BCUT2D eigenvalue weighted by Gasteiger charge is -2.13. The molecule has 1 aliphatic rings. The molecule has 0 aromatic rings. The Morgan fingerprint density at radius 3 is 3.08 bits per heavy atom. The van der Waals surface area contributed by atoms with Crippen LogP contribution in [0.25, 0.3) is 0 Å². The van der Waals surface area contributed by atoms with Gasteiger partial charge in [0.25, 0.3) is 0 Å². The number of nitrogens with one attached hydrogen (secondary N) is 3. The van der Waals surface area contributed by atoms with Gasteiger partial charge in [-0.25, -0.2) is 10.3 Å². The second kappa shape index (κ2) is 4.61. The van der Waals surface area contributed by atoms with Crippen molar-refractivity contribution in [2.24, 2.45) is 0 Å². The topological polar surface area (TPSA) is 79.5 Å². The van der Waals surface area contributed by atoms with Crippen molar-refractivity contribution in [1.29, 1.82) is 0 Å². The fourth-order valence-corrected chi connectivity index (χ4v) is 1.19. The molecule has 0 bridgehead atoms. The summed E-state index contributed by atoms with van der Waals surface area (Å²) in [6, 6.07) is 0. The minimum Gasteiger partial charge on any atom is -0.329 e. The van der Waals surface area contributed by atoms with Crippen molar-refractivity contribution in [3.05, 3.63) is 11.2 Å². The van der Waals surface area contributed by atoms with E-state index in [0.29, 0.717) is 10.8 Å². The standard InChI is InChI=1S/C6H9N3O3S/c1-7-6(11)12-9-5-2-8-4(10)3-13-5/h2,9H,3H2,1H3,(H,7,11)(H,8,10). The number of amides is 2. The monoisotopic (exact) mass is 203 g/mol. The summed E-state index contributed by atoms with van der Waals surface area (Å²) >= 11 is 1.26. The molecular weight excluding hydrogens is 194 g/mol. The molecule has 0 saturated heterocycles. The highest BCUT2D eigenvalue weighted by Crippen LogP contribution is 2.14. The lowest BCUT2D eigenvalue weighted by atomic mass is 10.7. The Labute approximate surface area is 79.0 Å². The van der Waals surface area contributed by atoms with Crippen molar-refractivity contribution in [1.82, 2.24) is 16.1 Å². The molecule has 72 valence electrons. The third-order valence-corrected chi connectivity index (χ3v) is 2.09. The van der Waals surface area contributed by atoms with E-state index >= 15 is 0 Å². The Kier molecular flexibility index (Phi) is 3.44. The molecule has 13 heavy (non-hydrogen) atoms. The number of carbonyl (C=O) groups is 2. The molecule has 7 heteroatoms. The highest BCUT2D eigenvalue weighted by Gasteiger charge is 2.10. The molecule has 0 aliphatic carbocycles. The zero-order valence-corrected chi connectivity index (χ0v) is 7.73. The summed E-state index contributed by atoms with van der Waals surface area (Å²) in [6.07, 6.45) is 0.859. The first kappa shape index (κ1) is 9.72. The molecule has 6 nitrogen and oxygen atoms in total. The molecule has 0 atom stereocenters. The van der Waals surface area contributed by atoms with Crippen molar-refractivity contribution in [3.63, 3.8) is 0 Å². The Morgan fingerprint density at radius 1 is 1.77 bits per heavy atom. The molecule has 2 amide bonds. The van der Waals surface area contributed by atoms with Gasteiger partial charge in [-0.1, -0.05) is 11.8 Å². The molecule has 1 aliphatic heterocycles. The first-order valence-corrected chi connectivity index (χ1v) is 4.48. The summed E-state index contributed by atoms with van der Waals surface area (Å²) in [5, 5.41) is 5.33. The minimum absolute atomic E-state index is 0.0736. The lowest BCUT2D eigenvalue weighted by molar-refractivity contribution is -0.117. The van der Waals surface area contributed by atoms with Gasteiger partial charge in [0.2, 0.25) is 5.91 Å². The molecule has 0 spiro atoms. The normalized spacial score (nSPS) is 15.5. The smallest absolute Gasteiger partial charge is 0.329 e. The minimum atomic E-state index is -0.585. The van der Waals surface area contributed by atoms with Crippen LogP contribution in [0, 0.1) is 0 Å². The van der Waals surface area contributed by atoms with Crippen LogP contribution in [0.5, 0.6) is 0 Å². The molecule has 0 radical (unpaired) electrons. The molecule has 1 heterocycles. The molecular formula is C6H9N3O3S. The van der Waals surface area contributed by atoms with Crippen molar-refractivity contribution in [2.45, 2.75) is 0 Å². The van der Waals surface area contributed by atoms with Crippen LogP contribution >= 0.6 is 11.8 Å². The van der Waals surface area contributed by atoms with Gasteiger partial charge >= 0.3 is 6.09 Å². The van der Waals surface area contributed by atoms with Gasteiger partial charge in [0.05, 0.1) is 5.75 Å². The molecule has 0 unspecified atom stereocenters. The highest BCUT2D eigenvalue weighted by atomic mass is 32.2. The molecule has 0 aromatic heterocycles. The number of rotatable bonds is 2. The number of hydrogen-bond donors (Lipinski definition) is 3. The number of hydroxylamine groups is 1. The van der Waals surface area contributed by atoms with Crippen molar-refractivity contribution in [3.8, 4) is 0 Å². The summed E-state index contributed by atoms with van der Waals surface area (Å²) < 4.78 is 0. The first-order chi connectivity index (χ1) is 6.22. The summed E-state index contributed by atoms with van der Waals surface area (Å²) in [6.45, 7) is 0. The van der Waals surface area contributed by atoms with Crippen molar-refractivity contribution in [2.75, 3.05) is 12.8 Å². The van der Waals surface area contributed by atoms with Gasteiger partial charge in [-0.3, -0.25) is 4.79 Å². The second-order valence-electron chi connectivity index (χ2n) is 2.11. The lowest BCUT2D eigenvalue weighted by Crippen LogP contribution is -2.31. The average molecular weight is 203 g/mol. The van der Waals surface area contributed by atoms with Gasteiger partial charge < -0.3 is 15.5 Å². The zero-order chi connectivity index (χ0) is 9.68. The largest absolute Gasteiger partial charge is 0.431 e. The summed E-state index contributed by atoms with van der Waals surface area (Å²) in [4.78, 5) is 25.8. The third-order valence-electron chi connectivity index (χ3n) is 1.17. The fraction of sp³-hybridized carbons (Fsp3) is 0.333. The molecule has 1 rings (SSSR count). The average Bonchev–Trinajstić information content (AvgIpc) is 2.16. The van der Waals surface area contributed by atoms with E-state index in [9.17, 15) is 9.59 Å². The number of hydrogen-bond acceptors (Lipinski definition) is 5. The van der Waals surface area contributed by atoms with E-state index in [1.807, 2.05) is 0 Å². The van der Waals surface area contributed by atoms with E-state index < -0.39 is 6.09 Å². The van der Waals surface area contributed by atoms with Crippen LogP contribution in [-0.2, 0) is 9.63 Å². The van der Waals surface area contributed by atoms with Gasteiger partial charge in [0.15, 0.2) is 0 Å². The van der Waals surface area contributed by atoms with Crippen LogP contribution in [-0.4, -0.2) is 24.8 Å². The Bertz CT molecular complexity index is 254. The van der Waals surface area contributed by atoms with Gasteiger partial charge in [0, 0.05) is 13.2 Å². The third kappa shape index (κ3) is 3.24. The maximum Gasteiger partial charge on any atom is 0.431 e. The summed E-state index contributed by atoms with van der Waals surface area (Å²) in [7, 11) is 1.45. The molecule has 0 saturated carbocycles. The first-order valence-electron chi connectivity index (χ1n) is 3.49. The van der Waals surface area contributed by atoms with E-state index in [2.05, 4.69) is 21.0 Å². The maximum atomic E-state index is 10.7. The highest BCUT2D eigenvalue weighted by molar-refractivity contribution is 8.03. The van der Waals surface area contributed by atoms with Crippen LogP contribution in [0.1, 0.15) is 0 Å². The van der Waals surface area contributed by atoms with Crippen LogP contribution in [0.2, 0.25) is 0 Å². The Hall–Kier alpha value is -1.37. The van der Waals surface area contributed by atoms with E-state index in [4.69, 9.17) is 0 Å². The van der Waals surface area contributed by atoms with E-state index in [0.717, 1.165) is 0 Å². The van der Waals surface area contributed by atoms with Crippen molar-refractivity contribution >= 4 is 23.8 Å². The predicted molar refractivity (Wildman–Crippen MR) is 47.4 cm³/mol. The van der Waals surface area contributed by atoms with Crippen LogP contribution in [0.15, 0.2) is 11.2 Å². The molecule has 3 N–H and O–H groups in total. The second-order valence-corrected chi connectivity index (χ2v) is 3.12. The van der Waals surface area contributed by atoms with Gasteiger partial charge in [-0.2, -0.15) is 0 Å². The Balaban J connectivity index is 2.30. The SMILES string of the molecule is CNC(=O)ONC1=CNC(=O)CS1. The van der Waals surface area contributed by atoms with E-state index in [1.165, 1.54) is 25.0 Å². The zero-order valence-electron chi connectivity index (χ0n) is 6.92. The number of thioether (sulfide) groups is 1. The summed E-state index contributed by atoms with van der Waals surface area (Å²) in [5.74, 6) is 0.242. The van der Waals surface area contributed by atoms with E-state index in [-0.39, 0.29) is 5.91 Å². The summed E-state index contributed by atoms with van der Waals surface area (Å²) in [5.41, 5.74) is 2.39. The molecule has 0 fully saturated rings. The predicted octanol–water partition coefficient (Wildman–Crippen LogP) is -0.491. The Morgan fingerprint density at radius 2 is 2.54 bits per heavy atom. The van der Waals surface area contributed by atoms with Gasteiger partial charge in [0.1, 0.15) is 5.03 Å². The fourth-order valence-electron chi connectivity index (χ4n) is 0.579. The van der Waals surface area contributed by atoms with Crippen LogP contribution < -0.4 is 16.1 Å².